The molecule has 1 aliphatic heterocycles. The number of amides is 1. The topological polar surface area (TPSA) is 84.7 Å². The molecule has 1 aromatic carbocycles. The number of hydrogen-bond acceptors (Lipinski definition) is 5. The highest BCUT2D eigenvalue weighted by Gasteiger charge is 2.27. The normalized spacial score (nSPS) is 18.7. The minimum absolute atomic E-state index is 0.0886. The molecule has 1 unspecified atom stereocenters. The van der Waals surface area contributed by atoms with E-state index in [0.29, 0.717) is 18.8 Å². The van der Waals surface area contributed by atoms with Crippen LogP contribution in [0.25, 0.3) is 0 Å². The molecule has 6 heteroatoms. The van der Waals surface area contributed by atoms with Gasteiger partial charge in [-0.25, -0.2) is 0 Å². The van der Waals surface area contributed by atoms with Gasteiger partial charge in [0.25, 0.3) is 0 Å². The van der Waals surface area contributed by atoms with Crippen molar-refractivity contribution in [1.29, 1.82) is 0 Å². The van der Waals surface area contributed by atoms with Gasteiger partial charge < -0.3 is 15.8 Å². The fourth-order valence-electron chi connectivity index (χ4n) is 2.62. The van der Waals surface area contributed by atoms with Crippen LogP contribution in [0.3, 0.4) is 0 Å². The molecule has 1 atom stereocenters. The summed E-state index contributed by atoms with van der Waals surface area (Å²) in [7, 11) is 0. The van der Waals surface area contributed by atoms with Gasteiger partial charge in [0.15, 0.2) is 0 Å². The largest absolute Gasteiger partial charge is 0.466 e. The molecule has 6 nitrogen and oxygen atoms in total. The Kier molecular flexibility index (Phi) is 5.77. The van der Waals surface area contributed by atoms with E-state index in [0.717, 1.165) is 25.1 Å². The van der Waals surface area contributed by atoms with Crippen LogP contribution >= 0.6 is 0 Å². The standard InChI is InChI=1S/C16H23N3O3/c1-2-22-16(21)12-4-3-9-19(10-12)11-15(20)18-14-7-5-13(17)6-8-14/h5-8,12H,2-4,9-11,17H2,1H3,(H,18,20). The molecule has 120 valence electrons. The van der Waals surface area contributed by atoms with Crippen molar-refractivity contribution in [3.05, 3.63) is 24.3 Å². The molecule has 1 fully saturated rings. The number of piperidine rings is 1. The van der Waals surface area contributed by atoms with Crippen molar-refractivity contribution in [2.24, 2.45) is 5.92 Å². The summed E-state index contributed by atoms with van der Waals surface area (Å²) in [6.45, 7) is 3.88. The molecule has 0 aliphatic carbocycles. The van der Waals surface area contributed by atoms with Crippen molar-refractivity contribution in [1.82, 2.24) is 4.90 Å². The van der Waals surface area contributed by atoms with Crippen LogP contribution in [0.2, 0.25) is 0 Å². The van der Waals surface area contributed by atoms with Gasteiger partial charge in [0.05, 0.1) is 19.1 Å². The summed E-state index contributed by atoms with van der Waals surface area (Å²) in [5, 5.41) is 2.83. The molecule has 1 aromatic rings. The van der Waals surface area contributed by atoms with Crippen molar-refractivity contribution >= 4 is 23.3 Å². The average molecular weight is 305 g/mol. The summed E-state index contributed by atoms with van der Waals surface area (Å²) in [5.74, 6) is -0.376. The van der Waals surface area contributed by atoms with Gasteiger partial charge in [-0.2, -0.15) is 0 Å². The number of carbonyl (C=O) groups excluding carboxylic acids is 2. The Morgan fingerprint density at radius 3 is 2.77 bits per heavy atom. The van der Waals surface area contributed by atoms with Gasteiger partial charge in [-0.15, -0.1) is 0 Å². The number of ether oxygens (including phenoxy) is 1. The third-order valence-electron chi connectivity index (χ3n) is 3.69. The second kappa shape index (κ2) is 7.79. The number of benzene rings is 1. The van der Waals surface area contributed by atoms with E-state index in [4.69, 9.17) is 10.5 Å². The van der Waals surface area contributed by atoms with E-state index >= 15 is 0 Å². The fourth-order valence-corrected chi connectivity index (χ4v) is 2.62. The highest BCUT2D eigenvalue weighted by atomic mass is 16.5. The Balaban J connectivity index is 1.83. The number of nitrogens with two attached hydrogens (primary N) is 1. The molecular formula is C16H23N3O3. The van der Waals surface area contributed by atoms with E-state index in [1.807, 2.05) is 4.90 Å². The van der Waals surface area contributed by atoms with E-state index in [-0.39, 0.29) is 24.3 Å². The molecule has 0 spiro atoms. The second-order valence-corrected chi connectivity index (χ2v) is 5.50. The average Bonchev–Trinajstić information content (AvgIpc) is 2.50. The lowest BCUT2D eigenvalue weighted by Crippen LogP contribution is -2.43. The molecule has 1 aliphatic rings. The van der Waals surface area contributed by atoms with Crippen molar-refractivity contribution < 1.29 is 14.3 Å². The molecule has 22 heavy (non-hydrogen) atoms. The van der Waals surface area contributed by atoms with Gasteiger partial charge in [-0.3, -0.25) is 14.5 Å². The number of anilines is 2. The predicted octanol–water partition coefficient (Wildman–Crippen LogP) is 1.48. The van der Waals surface area contributed by atoms with E-state index in [1.54, 1.807) is 31.2 Å². The number of nitrogens with zero attached hydrogens (tertiary/aromatic N) is 1. The minimum atomic E-state index is -0.161. The van der Waals surface area contributed by atoms with Gasteiger partial charge in [0.1, 0.15) is 0 Å². The number of esters is 1. The third-order valence-corrected chi connectivity index (χ3v) is 3.69. The lowest BCUT2D eigenvalue weighted by Gasteiger charge is -2.30. The SMILES string of the molecule is CCOC(=O)C1CCCN(CC(=O)Nc2ccc(N)cc2)C1. The van der Waals surface area contributed by atoms with Crippen LogP contribution in [0.1, 0.15) is 19.8 Å². The quantitative estimate of drug-likeness (QED) is 0.636. The monoisotopic (exact) mass is 305 g/mol. The highest BCUT2D eigenvalue weighted by molar-refractivity contribution is 5.92. The maximum atomic E-state index is 12.1. The maximum Gasteiger partial charge on any atom is 0.310 e. The summed E-state index contributed by atoms with van der Waals surface area (Å²) in [6.07, 6.45) is 1.73. The van der Waals surface area contributed by atoms with Gasteiger partial charge in [0, 0.05) is 17.9 Å². The van der Waals surface area contributed by atoms with Crippen LogP contribution in [-0.2, 0) is 14.3 Å². The molecule has 2 rings (SSSR count). The van der Waals surface area contributed by atoms with Gasteiger partial charge in [-0.1, -0.05) is 0 Å². The lowest BCUT2D eigenvalue weighted by molar-refractivity contribution is -0.150. The van der Waals surface area contributed by atoms with Crippen LogP contribution in [0.5, 0.6) is 0 Å². The zero-order valence-corrected chi connectivity index (χ0v) is 12.9. The van der Waals surface area contributed by atoms with Crippen LogP contribution in [0.15, 0.2) is 24.3 Å². The number of nitrogens with one attached hydrogen (secondary N) is 1. The van der Waals surface area contributed by atoms with Crippen LogP contribution in [-0.4, -0.2) is 43.0 Å². The second-order valence-electron chi connectivity index (χ2n) is 5.50. The first kappa shape index (κ1) is 16.3. The van der Waals surface area contributed by atoms with E-state index < -0.39 is 0 Å². The molecule has 0 saturated carbocycles. The van der Waals surface area contributed by atoms with Gasteiger partial charge >= 0.3 is 5.97 Å². The zero-order chi connectivity index (χ0) is 15.9. The molecule has 1 amide bonds. The first-order valence-corrected chi connectivity index (χ1v) is 7.63. The van der Waals surface area contributed by atoms with Crippen LogP contribution in [0.4, 0.5) is 11.4 Å². The Labute approximate surface area is 130 Å². The summed E-state index contributed by atoms with van der Waals surface area (Å²) >= 11 is 0. The molecule has 0 radical (unpaired) electrons. The number of carbonyl (C=O) groups is 2. The van der Waals surface area contributed by atoms with Gasteiger partial charge in [-0.05, 0) is 50.6 Å². The fraction of sp³-hybridized carbons (Fsp3) is 0.500. The van der Waals surface area contributed by atoms with Crippen molar-refractivity contribution in [3.63, 3.8) is 0 Å². The summed E-state index contributed by atoms with van der Waals surface area (Å²) < 4.78 is 5.06. The Hall–Kier alpha value is -2.08. The number of nitrogen functional groups attached to an aromatic ring is 1. The van der Waals surface area contributed by atoms with Crippen LogP contribution in [0, 0.1) is 5.92 Å². The number of likely N-dealkylation sites (tertiary alicyclic amines) is 1. The summed E-state index contributed by atoms with van der Waals surface area (Å²) in [5.41, 5.74) is 6.99. The van der Waals surface area contributed by atoms with Crippen molar-refractivity contribution in [2.45, 2.75) is 19.8 Å². The zero-order valence-electron chi connectivity index (χ0n) is 12.9. The predicted molar refractivity (Wildman–Crippen MR) is 85.3 cm³/mol. The molecule has 0 bridgehead atoms. The van der Waals surface area contributed by atoms with E-state index in [9.17, 15) is 9.59 Å². The van der Waals surface area contributed by atoms with Gasteiger partial charge in [0.2, 0.25) is 5.91 Å². The molecule has 0 aromatic heterocycles. The Morgan fingerprint density at radius 2 is 2.09 bits per heavy atom. The van der Waals surface area contributed by atoms with Crippen molar-refractivity contribution in [2.75, 3.05) is 37.3 Å². The Morgan fingerprint density at radius 1 is 1.36 bits per heavy atom. The Bertz CT molecular complexity index is 516. The van der Waals surface area contributed by atoms with E-state index in [1.165, 1.54) is 0 Å². The lowest BCUT2D eigenvalue weighted by atomic mass is 9.98. The summed E-state index contributed by atoms with van der Waals surface area (Å²) in [6, 6.07) is 7.02. The maximum absolute atomic E-state index is 12.1. The first-order chi connectivity index (χ1) is 10.6. The van der Waals surface area contributed by atoms with Crippen LogP contribution < -0.4 is 11.1 Å². The highest BCUT2D eigenvalue weighted by Crippen LogP contribution is 2.18. The molecule has 1 saturated heterocycles. The number of rotatable bonds is 5. The molecule has 3 N–H and O–H groups in total. The third kappa shape index (κ3) is 4.73. The molecule has 1 heterocycles. The minimum Gasteiger partial charge on any atom is -0.466 e. The summed E-state index contributed by atoms with van der Waals surface area (Å²) in [4.78, 5) is 25.9. The number of hydrogen-bond donors (Lipinski definition) is 2. The smallest absolute Gasteiger partial charge is 0.310 e. The molecular weight excluding hydrogens is 282 g/mol. The van der Waals surface area contributed by atoms with E-state index in [2.05, 4.69) is 5.32 Å². The van der Waals surface area contributed by atoms with Crippen molar-refractivity contribution in [3.8, 4) is 0 Å². The first-order valence-electron chi connectivity index (χ1n) is 7.63.